The highest BCUT2D eigenvalue weighted by molar-refractivity contribution is 7.15. The van der Waals surface area contributed by atoms with Gasteiger partial charge in [-0.15, -0.1) is 10.2 Å². The molecule has 0 aliphatic heterocycles. The van der Waals surface area contributed by atoms with Gasteiger partial charge in [-0.25, -0.2) is 0 Å². The van der Waals surface area contributed by atoms with E-state index in [4.69, 9.17) is 27.9 Å². The minimum Gasteiger partial charge on any atom is -0.486 e. The van der Waals surface area contributed by atoms with Crippen molar-refractivity contribution < 1.29 is 9.53 Å². The number of benzene rings is 2. The van der Waals surface area contributed by atoms with Gasteiger partial charge in [0.05, 0.1) is 0 Å². The molecule has 5 nitrogen and oxygen atoms in total. The molecule has 0 spiro atoms. The fourth-order valence-corrected chi connectivity index (χ4v) is 2.80. The maximum atomic E-state index is 12.1. The summed E-state index contributed by atoms with van der Waals surface area (Å²) in [4.78, 5) is 12.1. The van der Waals surface area contributed by atoms with E-state index in [1.54, 1.807) is 48.5 Å². The Bertz CT molecular complexity index is 853. The standard InChI is InChI=1S/C16H11Cl2N3O2S/c17-11-4-6-13(7-5-11)23-9-14-20-21-16(24-14)19-15(22)10-2-1-3-12(18)8-10/h1-8H,9H2,(H,19,21,22). The number of halogens is 2. The van der Waals surface area contributed by atoms with Crippen LogP contribution >= 0.6 is 34.5 Å². The van der Waals surface area contributed by atoms with Crippen molar-refractivity contribution in [3.63, 3.8) is 0 Å². The molecule has 3 rings (SSSR count). The van der Waals surface area contributed by atoms with Crippen LogP contribution < -0.4 is 10.1 Å². The summed E-state index contributed by atoms with van der Waals surface area (Å²) < 4.78 is 5.58. The molecule has 0 saturated heterocycles. The van der Waals surface area contributed by atoms with E-state index in [0.29, 0.717) is 31.5 Å². The van der Waals surface area contributed by atoms with Gasteiger partial charge in [0.25, 0.3) is 5.91 Å². The highest BCUT2D eigenvalue weighted by Crippen LogP contribution is 2.20. The number of carbonyl (C=O) groups excluding carboxylic acids is 1. The van der Waals surface area contributed by atoms with Crippen molar-refractivity contribution in [3.05, 3.63) is 69.1 Å². The van der Waals surface area contributed by atoms with E-state index in [9.17, 15) is 4.79 Å². The number of anilines is 1. The zero-order valence-electron chi connectivity index (χ0n) is 12.2. The van der Waals surface area contributed by atoms with Gasteiger partial charge in [0.1, 0.15) is 12.4 Å². The number of carbonyl (C=O) groups is 1. The van der Waals surface area contributed by atoms with Crippen molar-refractivity contribution in [1.82, 2.24) is 10.2 Å². The van der Waals surface area contributed by atoms with Crippen molar-refractivity contribution >= 4 is 45.6 Å². The third-order valence-electron chi connectivity index (χ3n) is 2.95. The quantitative estimate of drug-likeness (QED) is 0.698. The fraction of sp³-hybridized carbons (Fsp3) is 0.0625. The predicted molar refractivity (Wildman–Crippen MR) is 95.1 cm³/mol. The van der Waals surface area contributed by atoms with E-state index in [-0.39, 0.29) is 12.5 Å². The second-order valence-electron chi connectivity index (χ2n) is 4.71. The first-order valence-corrected chi connectivity index (χ1v) is 8.45. The third-order valence-corrected chi connectivity index (χ3v) is 4.25. The summed E-state index contributed by atoms with van der Waals surface area (Å²) in [5, 5.41) is 12.8. The summed E-state index contributed by atoms with van der Waals surface area (Å²) >= 11 is 12.9. The van der Waals surface area contributed by atoms with Crippen LogP contribution in [0.25, 0.3) is 0 Å². The summed E-state index contributed by atoms with van der Waals surface area (Å²) in [6.45, 7) is 0.256. The lowest BCUT2D eigenvalue weighted by Crippen LogP contribution is -2.11. The van der Waals surface area contributed by atoms with Crippen molar-refractivity contribution in [2.75, 3.05) is 5.32 Å². The molecule has 0 bridgehead atoms. The van der Waals surface area contributed by atoms with Crippen molar-refractivity contribution in [2.45, 2.75) is 6.61 Å². The number of hydrogen-bond donors (Lipinski definition) is 1. The largest absolute Gasteiger partial charge is 0.486 e. The van der Waals surface area contributed by atoms with Gasteiger partial charge in [-0.2, -0.15) is 0 Å². The third kappa shape index (κ3) is 4.44. The number of hydrogen-bond acceptors (Lipinski definition) is 5. The zero-order chi connectivity index (χ0) is 16.9. The Balaban J connectivity index is 1.59. The van der Waals surface area contributed by atoms with E-state index in [0.717, 1.165) is 0 Å². The first-order valence-electron chi connectivity index (χ1n) is 6.88. The van der Waals surface area contributed by atoms with Crippen LogP contribution in [0, 0.1) is 0 Å². The number of aromatic nitrogens is 2. The first kappa shape index (κ1) is 16.7. The van der Waals surface area contributed by atoms with Crippen LogP contribution in [0.2, 0.25) is 10.0 Å². The lowest BCUT2D eigenvalue weighted by atomic mass is 10.2. The fourth-order valence-electron chi connectivity index (χ4n) is 1.84. The Hall–Kier alpha value is -2.15. The summed E-state index contributed by atoms with van der Waals surface area (Å²) in [6.07, 6.45) is 0. The predicted octanol–water partition coefficient (Wildman–Crippen LogP) is 4.68. The number of nitrogens with zero attached hydrogens (tertiary/aromatic N) is 2. The van der Waals surface area contributed by atoms with Gasteiger partial charge < -0.3 is 4.74 Å². The number of rotatable bonds is 5. The van der Waals surface area contributed by atoms with Gasteiger partial charge in [0.2, 0.25) is 5.13 Å². The van der Waals surface area contributed by atoms with E-state index in [2.05, 4.69) is 15.5 Å². The number of ether oxygens (including phenoxy) is 1. The van der Waals surface area contributed by atoms with Crippen molar-refractivity contribution in [2.24, 2.45) is 0 Å². The van der Waals surface area contributed by atoms with E-state index < -0.39 is 0 Å². The molecule has 1 N–H and O–H groups in total. The summed E-state index contributed by atoms with van der Waals surface area (Å²) in [7, 11) is 0. The molecular weight excluding hydrogens is 369 g/mol. The van der Waals surface area contributed by atoms with Crippen LogP contribution in [0.5, 0.6) is 5.75 Å². The van der Waals surface area contributed by atoms with Crippen LogP contribution in [-0.2, 0) is 6.61 Å². The first-order chi connectivity index (χ1) is 11.6. The molecule has 8 heteroatoms. The highest BCUT2D eigenvalue weighted by atomic mass is 35.5. The Morgan fingerprint density at radius 2 is 1.88 bits per heavy atom. The molecule has 1 aromatic heterocycles. The van der Waals surface area contributed by atoms with Gasteiger partial charge in [-0.3, -0.25) is 10.1 Å². The molecule has 0 aliphatic rings. The van der Waals surface area contributed by atoms with Crippen LogP contribution in [0.4, 0.5) is 5.13 Å². The molecule has 1 heterocycles. The van der Waals surface area contributed by atoms with Crippen molar-refractivity contribution in [3.8, 4) is 5.75 Å². The smallest absolute Gasteiger partial charge is 0.257 e. The van der Waals surface area contributed by atoms with Gasteiger partial charge in [0.15, 0.2) is 5.01 Å². The molecule has 24 heavy (non-hydrogen) atoms. The van der Waals surface area contributed by atoms with E-state index in [1.165, 1.54) is 11.3 Å². The van der Waals surface area contributed by atoms with E-state index >= 15 is 0 Å². The minimum absolute atomic E-state index is 0.256. The monoisotopic (exact) mass is 379 g/mol. The topological polar surface area (TPSA) is 64.1 Å². The number of nitrogens with one attached hydrogen (secondary N) is 1. The maximum absolute atomic E-state index is 12.1. The van der Waals surface area contributed by atoms with E-state index in [1.807, 2.05) is 0 Å². The second-order valence-corrected chi connectivity index (χ2v) is 6.64. The Kier molecular flexibility index (Phi) is 5.30. The van der Waals surface area contributed by atoms with Gasteiger partial charge >= 0.3 is 0 Å². The molecule has 1 amide bonds. The summed E-state index contributed by atoms with van der Waals surface area (Å²) in [5.74, 6) is 0.387. The minimum atomic E-state index is -0.293. The molecular formula is C16H11Cl2N3O2S. The van der Waals surface area contributed by atoms with Crippen LogP contribution in [0.1, 0.15) is 15.4 Å². The van der Waals surface area contributed by atoms with Crippen molar-refractivity contribution in [1.29, 1.82) is 0 Å². The average Bonchev–Trinajstić information content (AvgIpc) is 3.02. The molecule has 0 atom stereocenters. The summed E-state index contributed by atoms with van der Waals surface area (Å²) in [6, 6.07) is 13.7. The molecule has 3 aromatic rings. The molecule has 2 aromatic carbocycles. The van der Waals surface area contributed by atoms with Crippen LogP contribution in [0.15, 0.2) is 48.5 Å². The summed E-state index contributed by atoms with van der Waals surface area (Å²) in [5.41, 5.74) is 0.455. The lowest BCUT2D eigenvalue weighted by Gasteiger charge is -2.03. The van der Waals surface area contributed by atoms with Crippen LogP contribution in [0.3, 0.4) is 0 Å². The van der Waals surface area contributed by atoms with Crippen LogP contribution in [-0.4, -0.2) is 16.1 Å². The highest BCUT2D eigenvalue weighted by Gasteiger charge is 2.11. The Labute approximate surface area is 152 Å². The normalized spacial score (nSPS) is 10.4. The molecule has 0 unspecified atom stereocenters. The maximum Gasteiger partial charge on any atom is 0.257 e. The SMILES string of the molecule is O=C(Nc1nnc(COc2ccc(Cl)cc2)s1)c1cccc(Cl)c1. The Morgan fingerprint density at radius 1 is 1.08 bits per heavy atom. The second kappa shape index (κ2) is 7.61. The lowest BCUT2D eigenvalue weighted by molar-refractivity contribution is 0.102. The molecule has 0 aliphatic carbocycles. The molecule has 0 fully saturated rings. The zero-order valence-corrected chi connectivity index (χ0v) is 14.5. The Morgan fingerprint density at radius 3 is 2.62 bits per heavy atom. The molecule has 0 saturated carbocycles. The molecule has 122 valence electrons. The number of amides is 1. The molecule has 0 radical (unpaired) electrons. The van der Waals surface area contributed by atoms with Gasteiger partial charge in [0, 0.05) is 15.6 Å². The van der Waals surface area contributed by atoms with Gasteiger partial charge in [-0.1, -0.05) is 40.6 Å². The average molecular weight is 380 g/mol. The van der Waals surface area contributed by atoms with Gasteiger partial charge in [-0.05, 0) is 42.5 Å².